The average molecular weight is 382 g/mol. The van der Waals surface area contributed by atoms with Gasteiger partial charge in [-0.3, -0.25) is 9.59 Å². The molecule has 0 aliphatic carbocycles. The van der Waals surface area contributed by atoms with Gasteiger partial charge in [-0.25, -0.2) is 14.9 Å². The molecule has 3 saturated heterocycles. The number of amides is 2. The van der Waals surface area contributed by atoms with Crippen LogP contribution in [0.5, 0.6) is 0 Å². The Bertz CT molecular complexity index is 912. The lowest BCUT2D eigenvalue weighted by Crippen LogP contribution is -2.44. The third kappa shape index (κ3) is 2.46. The van der Waals surface area contributed by atoms with Gasteiger partial charge in [0.1, 0.15) is 6.04 Å². The maximum atomic E-state index is 13.4. The molecule has 0 unspecified atom stereocenters. The Morgan fingerprint density at radius 1 is 0.852 bits per heavy atom. The predicted molar refractivity (Wildman–Crippen MR) is 103 cm³/mol. The van der Waals surface area contributed by atoms with Gasteiger partial charge in [0.05, 0.1) is 17.6 Å². The number of fused-ring (bicyclic) bond motifs is 3. The van der Waals surface area contributed by atoms with E-state index < -0.39 is 6.04 Å². The lowest BCUT2D eigenvalue weighted by Gasteiger charge is -2.29. The number of hydrazine groups is 1. The molecule has 6 heteroatoms. The van der Waals surface area contributed by atoms with Crippen LogP contribution in [0.2, 0.25) is 5.02 Å². The zero-order valence-electron chi connectivity index (χ0n) is 15.0. The summed E-state index contributed by atoms with van der Waals surface area (Å²) in [5, 5.41) is 4.93. The molecule has 2 aromatic rings. The molecule has 3 heterocycles. The maximum absolute atomic E-state index is 13.4. The molecule has 5 nitrogen and oxygen atoms in total. The average Bonchev–Trinajstić information content (AvgIpc) is 3.30. The van der Waals surface area contributed by atoms with Crippen molar-refractivity contribution in [3.8, 4) is 0 Å². The number of carbonyl (C=O) groups is 2. The van der Waals surface area contributed by atoms with Gasteiger partial charge >= 0.3 is 0 Å². The van der Waals surface area contributed by atoms with Crippen molar-refractivity contribution < 1.29 is 9.59 Å². The Kier molecular flexibility index (Phi) is 3.86. The van der Waals surface area contributed by atoms with E-state index in [1.807, 2.05) is 0 Å². The van der Waals surface area contributed by atoms with Crippen LogP contribution < -0.4 is 4.90 Å². The number of hydrogen-bond donors (Lipinski definition) is 0. The largest absolute Gasteiger partial charge is 0.274 e. The first kappa shape index (κ1) is 16.9. The minimum Gasteiger partial charge on any atom is -0.274 e. The van der Waals surface area contributed by atoms with E-state index in [4.69, 9.17) is 11.6 Å². The summed E-state index contributed by atoms with van der Waals surface area (Å²) in [5.74, 6) is -0.627. The van der Waals surface area contributed by atoms with E-state index in [-0.39, 0.29) is 23.8 Å². The Labute approximate surface area is 163 Å². The molecule has 3 atom stereocenters. The van der Waals surface area contributed by atoms with Gasteiger partial charge in [-0.1, -0.05) is 41.4 Å². The van der Waals surface area contributed by atoms with E-state index >= 15 is 0 Å². The van der Waals surface area contributed by atoms with Crippen molar-refractivity contribution in [3.05, 3.63) is 64.7 Å². The second-order valence-corrected chi connectivity index (χ2v) is 7.93. The Morgan fingerprint density at radius 3 is 2.15 bits per heavy atom. The quantitative estimate of drug-likeness (QED) is 0.749. The van der Waals surface area contributed by atoms with E-state index in [9.17, 15) is 9.59 Å². The molecule has 3 aliphatic heterocycles. The number of aryl methyl sites for hydroxylation is 1. The van der Waals surface area contributed by atoms with Crippen LogP contribution >= 0.6 is 11.6 Å². The van der Waals surface area contributed by atoms with E-state index in [2.05, 4.69) is 41.2 Å². The second kappa shape index (κ2) is 6.16. The predicted octanol–water partition coefficient (Wildman–Crippen LogP) is 3.18. The Balaban J connectivity index is 1.57. The molecule has 0 spiro atoms. The van der Waals surface area contributed by atoms with Crippen molar-refractivity contribution in [3.63, 3.8) is 0 Å². The summed E-state index contributed by atoms with van der Waals surface area (Å²) in [4.78, 5) is 28.0. The molecule has 27 heavy (non-hydrogen) atoms. The lowest BCUT2D eigenvalue weighted by atomic mass is 9.89. The van der Waals surface area contributed by atoms with E-state index in [1.165, 1.54) is 10.5 Å². The van der Waals surface area contributed by atoms with Gasteiger partial charge < -0.3 is 0 Å². The summed E-state index contributed by atoms with van der Waals surface area (Å²) in [6.45, 7) is 3.75. The number of imide groups is 1. The molecule has 2 aromatic carbocycles. The lowest BCUT2D eigenvalue weighted by molar-refractivity contribution is -0.126. The Hall–Kier alpha value is -2.21. The van der Waals surface area contributed by atoms with Gasteiger partial charge in [0.2, 0.25) is 5.91 Å². The molecule has 2 amide bonds. The van der Waals surface area contributed by atoms with Gasteiger partial charge in [0.25, 0.3) is 5.91 Å². The topological polar surface area (TPSA) is 43.9 Å². The number of carbonyl (C=O) groups excluding carboxylic acids is 2. The molecule has 0 bridgehead atoms. The second-order valence-electron chi connectivity index (χ2n) is 7.49. The third-order valence-corrected chi connectivity index (χ3v) is 6.16. The zero-order valence-corrected chi connectivity index (χ0v) is 15.8. The van der Waals surface area contributed by atoms with Crippen LogP contribution in [-0.2, 0) is 9.59 Å². The SMILES string of the molecule is Cc1ccc([C@H]2[C@@H]3C(=O)N(c4ccc(Cl)cc4)C(=O)[C@H]3N3CCCN23)cc1. The van der Waals surface area contributed by atoms with Crippen molar-refractivity contribution in [1.29, 1.82) is 0 Å². The van der Waals surface area contributed by atoms with Crippen LogP contribution in [0.4, 0.5) is 5.69 Å². The first-order valence-electron chi connectivity index (χ1n) is 9.29. The molecule has 0 aromatic heterocycles. The van der Waals surface area contributed by atoms with Crippen LogP contribution in [0.1, 0.15) is 23.6 Å². The van der Waals surface area contributed by atoms with Crippen molar-refractivity contribution >= 4 is 29.1 Å². The van der Waals surface area contributed by atoms with Gasteiger partial charge in [0.15, 0.2) is 0 Å². The van der Waals surface area contributed by atoms with Gasteiger partial charge in [-0.15, -0.1) is 0 Å². The number of anilines is 1. The molecule has 0 saturated carbocycles. The molecule has 5 rings (SSSR count). The Morgan fingerprint density at radius 2 is 1.48 bits per heavy atom. The van der Waals surface area contributed by atoms with E-state index in [1.54, 1.807) is 24.3 Å². The molecular formula is C21H20ClN3O2. The van der Waals surface area contributed by atoms with Crippen molar-refractivity contribution in [1.82, 2.24) is 10.0 Å². The number of hydrogen-bond acceptors (Lipinski definition) is 4. The fourth-order valence-corrected chi connectivity index (χ4v) is 4.85. The van der Waals surface area contributed by atoms with Crippen molar-refractivity contribution in [2.75, 3.05) is 18.0 Å². The molecular weight excluding hydrogens is 362 g/mol. The highest BCUT2D eigenvalue weighted by atomic mass is 35.5. The fourth-order valence-electron chi connectivity index (χ4n) is 4.72. The van der Waals surface area contributed by atoms with Crippen LogP contribution in [0.25, 0.3) is 0 Å². The normalized spacial score (nSPS) is 28.1. The first-order chi connectivity index (χ1) is 13.1. The van der Waals surface area contributed by atoms with Crippen LogP contribution in [0.15, 0.2) is 48.5 Å². The highest BCUT2D eigenvalue weighted by Crippen LogP contribution is 2.48. The van der Waals surface area contributed by atoms with Crippen LogP contribution in [0, 0.1) is 12.8 Å². The first-order valence-corrected chi connectivity index (χ1v) is 9.67. The van der Waals surface area contributed by atoms with Gasteiger partial charge in [-0.2, -0.15) is 0 Å². The van der Waals surface area contributed by atoms with Crippen molar-refractivity contribution in [2.24, 2.45) is 5.92 Å². The molecule has 138 valence electrons. The van der Waals surface area contributed by atoms with Gasteiger partial charge in [-0.05, 0) is 43.2 Å². The third-order valence-electron chi connectivity index (χ3n) is 5.91. The van der Waals surface area contributed by atoms with E-state index in [0.29, 0.717) is 10.7 Å². The smallest absolute Gasteiger partial charge is 0.253 e. The molecule has 0 radical (unpaired) electrons. The minimum atomic E-state index is -0.415. The summed E-state index contributed by atoms with van der Waals surface area (Å²) in [6, 6.07) is 14.7. The fraction of sp³-hybridized carbons (Fsp3) is 0.333. The summed E-state index contributed by atoms with van der Waals surface area (Å²) in [7, 11) is 0. The number of halogens is 1. The molecule has 3 fully saturated rings. The number of nitrogens with zero attached hydrogens (tertiary/aromatic N) is 3. The van der Waals surface area contributed by atoms with Gasteiger partial charge in [0, 0.05) is 18.1 Å². The highest BCUT2D eigenvalue weighted by molar-refractivity contribution is 6.31. The zero-order chi connectivity index (χ0) is 18.7. The highest BCUT2D eigenvalue weighted by Gasteiger charge is 2.62. The number of benzene rings is 2. The van der Waals surface area contributed by atoms with E-state index in [0.717, 1.165) is 25.1 Å². The monoisotopic (exact) mass is 381 g/mol. The van der Waals surface area contributed by atoms with Crippen LogP contribution in [0.3, 0.4) is 0 Å². The summed E-state index contributed by atoms with van der Waals surface area (Å²) >= 11 is 5.97. The number of rotatable bonds is 2. The maximum Gasteiger partial charge on any atom is 0.253 e. The summed E-state index contributed by atoms with van der Waals surface area (Å²) in [6.07, 6.45) is 1.01. The summed E-state index contributed by atoms with van der Waals surface area (Å²) < 4.78 is 0. The standard InChI is InChI=1S/C21H20ClN3O2/c1-13-3-5-14(6-4-13)18-17-19(24-12-2-11-23(18)24)21(27)25(20(17)26)16-9-7-15(22)8-10-16/h3-10,17-19H,2,11-12H2,1H3/t17-,18-,19-/m0/s1. The van der Waals surface area contributed by atoms with Crippen LogP contribution in [-0.4, -0.2) is 41.0 Å². The minimum absolute atomic E-state index is 0.0909. The summed E-state index contributed by atoms with van der Waals surface area (Å²) in [5.41, 5.74) is 2.87. The molecule has 3 aliphatic rings. The van der Waals surface area contributed by atoms with Crippen molar-refractivity contribution in [2.45, 2.75) is 25.4 Å². The molecule has 0 N–H and O–H groups in total.